The summed E-state index contributed by atoms with van der Waals surface area (Å²) in [5.74, 6) is -0.249. The van der Waals surface area contributed by atoms with Crippen LogP contribution in [0.4, 0.5) is 4.39 Å². The number of halogens is 1. The Bertz CT molecular complexity index is 409. The van der Waals surface area contributed by atoms with Crippen LogP contribution in [0, 0.1) is 11.7 Å². The Hall–Kier alpha value is -1.42. The van der Waals surface area contributed by atoms with Crippen LogP contribution in [0.5, 0.6) is 0 Å². The van der Waals surface area contributed by atoms with E-state index < -0.39 is 6.04 Å². The maximum atomic E-state index is 13.0. The fourth-order valence-electron chi connectivity index (χ4n) is 1.74. The molecule has 0 aliphatic rings. The van der Waals surface area contributed by atoms with Gasteiger partial charge in [0.15, 0.2) is 0 Å². The van der Waals surface area contributed by atoms with Gasteiger partial charge < -0.3 is 10.6 Å². The van der Waals surface area contributed by atoms with E-state index >= 15 is 0 Å². The average molecular weight is 252 g/mol. The van der Waals surface area contributed by atoms with Gasteiger partial charge in [-0.05, 0) is 23.6 Å². The molecule has 0 fully saturated rings. The Kier molecular flexibility index (Phi) is 5.28. The lowest BCUT2D eigenvalue weighted by molar-refractivity contribution is -0.132. The van der Waals surface area contributed by atoms with E-state index in [1.165, 1.54) is 12.1 Å². The fraction of sp³-hybridized carbons (Fsp3) is 0.500. The second-order valence-electron chi connectivity index (χ2n) is 4.74. The largest absolute Gasteiger partial charge is 0.340 e. The number of carbonyl (C=O) groups is 1. The first-order chi connectivity index (χ1) is 8.45. The molecule has 1 aromatic carbocycles. The monoisotopic (exact) mass is 252 g/mol. The summed E-state index contributed by atoms with van der Waals surface area (Å²) in [5, 5.41) is 0. The highest BCUT2D eigenvalue weighted by molar-refractivity contribution is 5.81. The molecule has 4 heteroatoms. The number of amides is 1. The van der Waals surface area contributed by atoms with Crippen LogP contribution in [0.1, 0.15) is 25.8 Å². The van der Waals surface area contributed by atoms with E-state index in [-0.39, 0.29) is 17.6 Å². The molecule has 1 rings (SSSR count). The van der Waals surface area contributed by atoms with E-state index in [2.05, 4.69) is 0 Å². The van der Waals surface area contributed by atoms with Gasteiger partial charge in [0, 0.05) is 13.6 Å². The highest BCUT2D eigenvalue weighted by Gasteiger charge is 2.22. The van der Waals surface area contributed by atoms with Crippen molar-refractivity contribution in [3.8, 4) is 0 Å². The van der Waals surface area contributed by atoms with Gasteiger partial charge in [-0.2, -0.15) is 0 Å². The molecule has 0 spiro atoms. The number of rotatable bonds is 5. The van der Waals surface area contributed by atoms with Crippen LogP contribution in [0.3, 0.4) is 0 Å². The zero-order valence-electron chi connectivity index (χ0n) is 11.2. The molecule has 0 saturated heterocycles. The van der Waals surface area contributed by atoms with Crippen molar-refractivity contribution in [2.24, 2.45) is 11.7 Å². The second-order valence-corrected chi connectivity index (χ2v) is 4.74. The molecule has 3 nitrogen and oxygen atoms in total. The summed E-state index contributed by atoms with van der Waals surface area (Å²) < 4.78 is 13.0. The first kappa shape index (κ1) is 14.6. The third-order valence-corrected chi connectivity index (χ3v) is 3.23. The fourth-order valence-corrected chi connectivity index (χ4v) is 1.74. The average Bonchev–Trinajstić information content (AvgIpc) is 2.36. The van der Waals surface area contributed by atoms with E-state index in [1.807, 2.05) is 13.8 Å². The van der Waals surface area contributed by atoms with Crippen LogP contribution in [-0.2, 0) is 11.3 Å². The normalized spacial score (nSPS) is 14.1. The summed E-state index contributed by atoms with van der Waals surface area (Å²) >= 11 is 0. The highest BCUT2D eigenvalue weighted by atomic mass is 19.1. The van der Waals surface area contributed by atoms with Gasteiger partial charge in [0.1, 0.15) is 5.82 Å². The Morgan fingerprint density at radius 3 is 2.72 bits per heavy atom. The maximum absolute atomic E-state index is 13.0. The lowest BCUT2D eigenvalue weighted by atomic mass is 9.99. The number of hydrogen-bond acceptors (Lipinski definition) is 2. The van der Waals surface area contributed by atoms with Crippen LogP contribution >= 0.6 is 0 Å². The van der Waals surface area contributed by atoms with Crippen LogP contribution < -0.4 is 5.73 Å². The predicted octanol–water partition coefficient (Wildman–Crippen LogP) is 2.16. The summed E-state index contributed by atoms with van der Waals surface area (Å²) in [6, 6.07) is 5.75. The van der Waals surface area contributed by atoms with Gasteiger partial charge in [-0.15, -0.1) is 0 Å². The molecule has 0 saturated carbocycles. The zero-order valence-corrected chi connectivity index (χ0v) is 11.2. The predicted molar refractivity (Wildman–Crippen MR) is 70.3 cm³/mol. The Morgan fingerprint density at radius 1 is 1.50 bits per heavy atom. The molecule has 0 bridgehead atoms. The molecule has 0 aliphatic carbocycles. The van der Waals surface area contributed by atoms with Gasteiger partial charge in [0.05, 0.1) is 6.04 Å². The SMILES string of the molecule is CC[C@H](C)[C@H](N)C(=O)N(C)Cc1cccc(F)c1. The number of benzene rings is 1. The molecular formula is C14H21FN2O. The minimum absolute atomic E-state index is 0.103. The third kappa shape index (κ3) is 3.81. The van der Waals surface area contributed by atoms with Crippen molar-refractivity contribution in [2.45, 2.75) is 32.9 Å². The van der Waals surface area contributed by atoms with Gasteiger partial charge in [-0.3, -0.25) is 4.79 Å². The summed E-state index contributed by atoms with van der Waals surface area (Å²) in [4.78, 5) is 13.6. The van der Waals surface area contributed by atoms with E-state index in [0.29, 0.717) is 6.54 Å². The van der Waals surface area contributed by atoms with Crippen LogP contribution in [0.2, 0.25) is 0 Å². The number of likely N-dealkylation sites (N-methyl/N-ethyl adjacent to an activating group) is 1. The molecule has 0 unspecified atom stereocenters. The van der Waals surface area contributed by atoms with E-state index in [0.717, 1.165) is 12.0 Å². The molecular weight excluding hydrogens is 231 g/mol. The quantitative estimate of drug-likeness (QED) is 0.873. The van der Waals surface area contributed by atoms with Gasteiger partial charge in [0.25, 0.3) is 0 Å². The topological polar surface area (TPSA) is 46.3 Å². The highest BCUT2D eigenvalue weighted by Crippen LogP contribution is 2.11. The number of nitrogens with two attached hydrogens (primary N) is 1. The van der Waals surface area contributed by atoms with Crippen LogP contribution in [0.15, 0.2) is 24.3 Å². The third-order valence-electron chi connectivity index (χ3n) is 3.23. The van der Waals surface area contributed by atoms with Gasteiger partial charge in [0.2, 0.25) is 5.91 Å². The smallest absolute Gasteiger partial charge is 0.239 e. The van der Waals surface area contributed by atoms with E-state index in [9.17, 15) is 9.18 Å². The van der Waals surface area contributed by atoms with Gasteiger partial charge in [-0.1, -0.05) is 32.4 Å². The van der Waals surface area contributed by atoms with Crippen molar-refractivity contribution >= 4 is 5.91 Å². The van der Waals surface area contributed by atoms with Crippen molar-refractivity contribution in [1.29, 1.82) is 0 Å². The Morgan fingerprint density at radius 2 is 2.17 bits per heavy atom. The number of nitrogens with zero attached hydrogens (tertiary/aromatic N) is 1. The van der Waals surface area contributed by atoms with Crippen LogP contribution in [-0.4, -0.2) is 23.9 Å². The van der Waals surface area contributed by atoms with Crippen molar-refractivity contribution < 1.29 is 9.18 Å². The molecule has 2 atom stereocenters. The minimum Gasteiger partial charge on any atom is -0.340 e. The summed E-state index contributed by atoms with van der Waals surface area (Å²) in [6.07, 6.45) is 0.862. The Labute approximate surface area is 108 Å². The van der Waals surface area contributed by atoms with Gasteiger partial charge in [-0.25, -0.2) is 4.39 Å². The lowest BCUT2D eigenvalue weighted by Crippen LogP contribution is -2.45. The zero-order chi connectivity index (χ0) is 13.7. The summed E-state index contributed by atoms with van der Waals surface area (Å²) in [5.41, 5.74) is 6.66. The maximum Gasteiger partial charge on any atom is 0.239 e. The van der Waals surface area contributed by atoms with Crippen molar-refractivity contribution in [1.82, 2.24) is 4.90 Å². The van der Waals surface area contributed by atoms with E-state index in [4.69, 9.17) is 5.73 Å². The molecule has 18 heavy (non-hydrogen) atoms. The first-order valence-corrected chi connectivity index (χ1v) is 6.20. The number of carbonyl (C=O) groups excluding carboxylic acids is 1. The van der Waals surface area contributed by atoms with Crippen molar-refractivity contribution in [3.05, 3.63) is 35.6 Å². The lowest BCUT2D eigenvalue weighted by Gasteiger charge is -2.24. The van der Waals surface area contributed by atoms with Crippen LogP contribution in [0.25, 0.3) is 0 Å². The molecule has 0 aromatic heterocycles. The summed E-state index contributed by atoms with van der Waals surface area (Å²) in [7, 11) is 1.69. The first-order valence-electron chi connectivity index (χ1n) is 6.20. The van der Waals surface area contributed by atoms with Crippen molar-refractivity contribution in [3.63, 3.8) is 0 Å². The van der Waals surface area contributed by atoms with Gasteiger partial charge >= 0.3 is 0 Å². The van der Waals surface area contributed by atoms with E-state index in [1.54, 1.807) is 24.1 Å². The Balaban J connectivity index is 2.65. The molecule has 0 radical (unpaired) electrons. The molecule has 2 N–H and O–H groups in total. The molecule has 1 aromatic rings. The summed E-state index contributed by atoms with van der Waals surface area (Å²) in [6.45, 7) is 4.34. The van der Waals surface area contributed by atoms with Crippen molar-refractivity contribution in [2.75, 3.05) is 7.05 Å². The standard InChI is InChI=1S/C14H21FN2O/c1-4-10(2)13(16)14(18)17(3)9-11-6-5-7-12(15)8-11/h5-8,10,13H,4,9,16H2,1-3H3/t10-,13-/m0/s1. The molecule has 0 aliphatic heterocycles. The molecule has 100 valence electrons. The molecule has 1 amide bonds. The molecule has 0 heterocycles. The number of hydrogen-bond donors (Lipinski definition) is 1. The minimum atomic E-state index is -0.492. The second kappa shape index (κ2) is 6.50.